The van der Waals surface area contributed by atoms with Gasteiger partial charge in [0.05, 0.1) is 10.6 Å². The topological polar surface area (TPSA) is 123 Å². The highest BCUT2D eigenvalue weighted by Crippen LogP contribution is 2.14. The van der Waals surface area contributed by atoms with Crippen LogP contribution in [0.3, 0.4) is 0 Å². The third kappa shape index (κ3) is 5.82. The highest BCUT2D eigenvalue weighted by atomic mass is 32.2. The third-order valence-electron chi connectivity index (χ3n) is 2.75. The average molecular weight is 334 g/mol. The van der Waals surface area contributed by atoms with Gasteiger partial charge in [0.1, 0.15) is 9.84 Å². The predicted octanol–water partition coefficient (Wildman–Crippen LogP) is -0.193. The molecule has 21 heavy (non-hydrogen) atoms. The second kappa shape index (κ2) is 6.54. The van der Waals surface area contributed by atoms with Crippen LogP contribution in [-0.4, -0.2) is 41.3 Å². The second-order valence-corrected chi connectivity index (χ2v) is 8.58. The van der Waals surface area contributed by atoms with Crippen LogP contribution < -0.4 is 10.5 Å². The Morgan fingerprint density at radius 3 is 2.33 bits per heavy atom. The molecule has 0 aliphatic carbocycles. The molecule has 0 spiro atoms. The summed E-state index contributed by atoms with van der Waals surface area (Å²) < 4.78 is 44.3. The first-order valence-corrected chi connectivity index (χ1v) is 9.71. The lowest BCUT2D eigenvalue weighted by atomic mass is 10.1. The zero-order valence-electron chi connectivity index (χ0n) is 11.8. The van der Waals surface area contributed by atoms with Crippen molar-refractivity contribution in [1.82, 2.24) is 5.32 Å². The molecule has 0 saturated heterocycles. The molecule has 9 heteroatoms. The number of hydrogen-bond acceptors (Lipinski definition) is 5. The zero-order chi connectivity index (χ0) is 16.3. The van der Waals surface area contributed by atoms with Crippen LogP contribution in [0.15, 0.2) is 23.1 Å². The average Bonchev–Trinajstić information content (AvgIpc) is 2.32. The number of sulfone groups is 1. The maximum Gasteiger partial charge on any atom is 0.251 e. The summed E-state index contributed by atoms with van der Waals surface area (Å²) in [7, 11) is -6.85. The van der Waals surface area contributed by atoms with Crippen molar-refractivity contribution in [3.8, 4) is 0 Å². The smallest absolute Gasteiger partial charge is 0.251 e. The normalized spacial score (nSPS) is 12.1. The number of nitrogens with one attached hydrogen (secondary N) is 1. The van der Waals surface area contributed by atoms with Gasteiger partial charge in [-0.2, -0.15) is 0 Å². The second-order valence-electron chi connectivity index (χ2n) is 4.76. The van der Waals surface area contributed by atoms with Crippen molar-refractivity contribution in [1.29, 1.82) is 0 Å². The molecular weight excluding hydrogens is 316 g/mol. The van der Waals surface area contributed by atoms with Crippen LogP contribution in [0.25, 0.3) is 0 Å². The summed E-state index contributed by atoms with van der Waals surface area (Å²) in [6.07, 6.45) is 1.45. The van der Waals surface area contributed by atoms with E-state index in [2.05, 4.69) is 5.32 Å². The molecule has 1 aromatic rings. The summed E-state index contributed by atoms with van der Waals surface area (Å²) in [5.74, 6) is -0.390. The summed E-state index contributed by atoms with van der Waals surface area (Å²) in [4.78, 5) is 11.8. The molecule has 0 atom stereocenters. The highest BCUT2D eigenvalue weighted by Gasteiger charge is 2.13. The van der Waals surface area contributed by atoms with E-state index in [4.69, 9.17) is 5.14 Å². The molecule has 0 fully saturated rings. The van der Waals surface area contributed by atoms with Crippen molar-refractivity contribution in [3.05, 3.63) is 29.3 Å². The quantitative estimate of drug-likeness (QED) is 0.698. The minimum absolute atomic E-state index is 0.00336. The van der Waals surface area contributed by atoms with Crippen LogP contribution >= 0.6 is 0 Å². The fourth-order valence-electron chi connectivity index (χ4n) is 1.70. The van der Waals surface area contributed by atoms with Crippen LogP contribution in [0.1, 0.15) is 22.3 Å². The van der Waals surface area contributed by atoms with E-state index in [1.54, 1.807) is 6.92 Å². The summed E-state index contributed by atoms with van der Waals surface area (Å²) in [6, 6.07) is 3.95. The fourth-order valence-corrected chi connectivity index (χ4v) is 2.97. The van der Waals surface area contributed by atoms with Gasteiger partial charge in [-0.25, -0.2) is 22.0 Å². The molecule has 1 aromatic carbocycles. The van der Waals surface area contributed by atoms with Gasteiger partial charge in [-0.3, -0.25) is 4.79 Å². The van der Waals surface area contributed by atoms with E-state index in [1.807, 2.05) is 0 Å². The SMILES string of the molecule is Cc1cc(S(N)(=O)=O)ccc1C(=O)NCCCS(C)(=O)=O. The van der Waals surface area contributed by atoms with Crippen LogP contribution in [-0.2, 0) is 19.9 Å². The van der Waals surface area contributed by atoms with Crippen molar-refractivity contribution < 1.29 is 21.6 Å². The maximum absolute atomic E-state index is 11.9. The van der Waals surface area contributed by atoms with E-state index in [0.717, 1.165) is 6.26 Å². The minimum Gasteiger partial charge on any atom is -0.352 e. The lowest BCUT2D eigenvalue weighted by Gasteiger charge is -2.08. The Hall–Kier alpha value is -1.45. The van der Waals surface area contributed by atoms with Gasteiger partial charge < -0.3 is 5.32 Å². The third-order valence-corrected chi connectivity index (χ3v) is 4.69. The monoisotopic (exact) mass is 334 g/mol. The number of primary sulfonamides is 1. The van der Waals surface area contributed by atoms with Gasteiger partial charge in [-0.05, 0) is 37.1 Å². The largest absolute Gasteiger partial charge is 0.352 e. The van der Waals surface area contributed by atoms with Gasteiger partial charge in [-0.15, -0.1) is 0 Å². The number of aryl methyl sites for hydroxylation is 1. The van der Waals surface area contributed by atoms with Crippen LogP contribution in [0, 0.1) is 6.92 Å². The zero-order valence-corrected chi connectivity index (χ0v) is 13.4. The van der Waals surface area contributed by atoms with Gasteiger partial charge in [0.25, 0.3) is 5.91 Å². The van der Waals surface area contributed by atoms with E-state index >= 15 is 0 Å². The van der Waals surface area contributed by atoms with Crippen molar-refractivity contribution in [3.63, 3.8) is 0 Å². The number of benzene rings is 1. The maximum atomic E-state index is 11.9. The molecule has 1 amide bonds. The molecule has 0 aliphatic rings. The standard InChI is InChI=1S/C12H18N2O5S2/c1-9-8-10(21(13,18)19)4-5-11(9)12(15)14-6-3-7-20(2,16)17/h4-5,8H,3,6-7H2,1-2H3,(H,14,15)(H2,13,18,19). The van der Waals surface area contributed by atoms with Gasteiger partial charge in [0.2, 0.25) is 10.0 Å². The Bertz CT molecular complexity index is 739. The van der Waals surface area contributed by atoms with E-state index in [-0.39, 0.29) is 23.1 Å². The van der Waals surface area contributed by atoms with Gasteiger partial charge in [0.15, 0.2) is 0 Å². The Labute approximate surface area is 124 Å². The molecule has 0 bridgehead atoms. The molecule has 3 N–H and O–H groups in total. The van der Waals surface area contributed by atoms with Gasteiger partial charge in [0, 0.05) is 18.4 Å². The highest BCUT2D eigenvalue weighted by molar-refractivity contribution is 7.90. The Kier molecular flexibility index (Phi) is 5.48. The summed E-state index contributed by atoms with van der Waals surface area (Å²) in [5.41, 5.74) is 0.795. The minimum atomic E-state index is -3.80. The van der Waals surface area contributed by atoms with E-state index in [9.17, 15) is 21.6 Å². The van der Waals surface area contributed by atoms with Gasteiger partial charge in [-0.1, -0.05) is 0 Å². The Morgan fingerprint density at radius 2 is 1.86 bits per heavy atom. The first kappa shape index (κ1) is 17.6. The number of nitrogens with two attached hydrogens (primary N) is 1. The van der Waals surface area contributed by atoms with E-state index in [1.165, 1.54) is 18.2 Å². The molecule has 0 radical (unpaired) electrons. The van der Waals surface area contributed by atoms with Crippen LogP contribution in [0.5, 0.6) is 0 Å². The van der Waals surface area contributed by atoms with Crippen molar-refractivity contribution in [2.24, 2.45) is 5.14 Å². The van der Waals surface area contributed by atoms with Crippen LogP contribution in [0.4, 0.5) is 0 Å². The molecule has 7 nitrogen and oxygen atoms in total. The molecular formula is C12H18N2O5S2. The fraction of sp³-hybridized carbons (Fsp3) is 0.417. The van der Waals surface area contributed by atoms with Gasteiger partial charge >= 0.3 is 0 Å². The molecule has 118 valence electrons. The summed E-state index contributed by atoms with van der Waals surface area (Å²) in [6.45, 7) is 1.82. The number of carbonyl (C=O) groups is 1. The lowest BCUT2D eigenvalue weighted by molar-refractivity contribution is 0.0953. The first-order valence-electron chi connectivity index (χ1n) is 6.10. The molecule has 0 aliphatic heterocycles. The molecule has 0 heterocycles. The number of sulfonamides is 1. The van der Waals surface area contributed by atoms with E-state index in [0.29, 0.717) is 17.5 Å². The number of hydrogen-bond donors (Lipinski definition) is 2. The number of carbonyl (C=O) groups excluding carboxylic acids is 1. The first-order chi connectivity index (χ1) is 9.50. The van der Waals surface area contributed by atoms with Crippen LogP contribution in [0.2, 0.25) is 0 Å². The van der Waals surface area contributed by atoms with Crippen molar-refractivity contribution in [2.75, 3.05) is 18.6 Å². The van der Waals surface area contributed by atoms with E-state index < -0.39 is 19.9 Å². The number of amides is 1. The predicted molar refractivity (Wildman–Crippen MR) is 79.2 cm³/mol. The molecule has 0 unspecified atom stereocenters. The molecule has 1 rings (SSSR count). The number of rotatable bonds is 6. The summed E-state index contributed by atoms with van der Waals surface area (Å²) >= 11 is 0. The molecule has 0 aromatic heterocycles. The van der Waals surface area contributed by atoms with Crippen molar-refractivity contribution >= 4 is 25.8 Å². The molecule has 0 saturated carbocycles. The lowest BCUT2D eigenvalue weighted by Crippen LogP contribution is -2.26. The van der Waals surface area contributed by atoms with Crippen molar-refractivity contribution in [2.45, 2.75) is 18.2 Å². The Morgan fingerprint density at radius 1 is 1.24 bits per heavy atom. The Balaban J connectivity index is 2.72. The summed E-state index contributed by atoms with van der Waals surface area (Å²) in [5, 5.41) is 7.59.